The van der Waals surface area contributed by atoms with Crippen molar-refractivity contribution in [2.45, 2.75) is 17.7 Å². The standard InChI is InChI=1S/C19H19F3N4O4S/c20-14-3-4-15(18(22)17(14)21)25-16(27)11-24-19(28)12-5-8-26(9-6-12)31(29,30)13-2-1-7-23-10-13/h1-4,7,10,12H,5-6,8-9,11H2,(H,24,28)(H,25,27). The van der Waals surface area contributed by atoms with Gasteiger partial charge in [-0.3, -0.25) is 14.6 Å². The van der Waals surface area contributed by atoms with E-state index in [2.05, 4.69) is 15.6 Å². The number of benzene rings is 1. The van der Waals surface area contributed by atoms with Gasteiger partial charge in [-0.1, -0.05) is 0 Å². The number of rotatable bonds is 6. The molecular formula is C19H19F3N4O4S. The highest BCUT2D eigenvalue weighted by molar-refractivity contribution is 7.89. The van der Waals surface area contributed by atoms with E-state index in [4.69, 9.17) is 0 Å². The SMILES string of the molecule is O=C(CNC(=O)C1CCN(S(=O)(=O)c2cccnc2)CC1)Nc1ccc(F)c(F)c1F. The summed E-state index contributed by atoms with van der Waals surface area (Å²) in [5, 5.41) is 4.44. The molecular weight excluding hydrogens is 437 g/mol. The van der Waals surface area contributed by atoms with E-state index in [9.17, 15) is 31.2 Å². The maximum Gasteiger partial charge on any atom is 0.244 e. The first-order valence-corrected chi connectivity index (χ1v) is 10.8. The van der Waals surface area contributed by atoms with Gasteiger partial charge in [-0.2, -0.15) is 4.31 Å². The van der Waals surface area contributed by atoms with Gasteiger partial charge in [-0.25, -0.2) is 21.6 Å². The summed E-state index contributed by atoms with van der Waals surface area (Å²) in [5.74, 6) is -6.43. The number of carbonyl (C=O) groups is 2. The summed E-state index contributed by atoms with van der Waals surface area (Å²) in [7, 11) is -3.70. The number of nitrogens with zero attached hydrogens (tertiary/aromatic N) is 2. The van der Waals surface area contributed by atoms with E-state index in [-0.39, 0.29) is 30.8 Å². The minimum Gasteiger partial charge on any atom is -0.347 e. The number of anilines is 1. The van der Waals surface area contributed by atoms with E-state index in [1.54, 1.807) is 0 Å². The fraction of sp³-hybridized carbons (Fsp3) is 0.316. The molecule has 0 atom stereocenters. The first kappa shape index (κ1) is 22.7. The van der Waals surface area contributed by atoms with Crippen LogP contribution in [0.1, 0.15) is 12.8 Å². The van der Waals surface area contributed by atoms with Crippen molar-refractivity contribution in [2.75, 3.05) is 25.0 Å². The Morgan fingerprint density at radius 1 is 1.10 bits per heavy atom. The average molecular weight is 456 g/mol. The van der Waals surface area contributed by atoms with Gasteiger partial charge < -0.3 is 10.6 Å². The van der Waals surface area contributed by atoms with E-state index in [0.717, 1.165) is 6.07 Å². The Morgan fingerprint density at radius 3 is 2.45 bits per heavy atom. The molecule has 0 radical (unpaired) electrons. The maximum atomic E-state index is 13.6. The molecule has 0 spiro atoms. The monoisotopic (exact) mass is 456 g/mol. The molecule has 0 aliphatic carbocycles. The molecule has 0 bridgehead atoms. The summed E-state index contributed by atoms with van der Waals surface area (Å²) in [6.45, 7) is -0.255. The number of sulfonamides is 1. The fourth-order valence-electron chi connectivity index (χ4n) is 3.14. The van der Waals surface area contributed by atoms with Crippen LogP contribution in [0, 0.1) is 23.4 Å². The number of halogens is 3. The lowest BCUT2D eigenvalue weighted by atomic mass is 9.97. The van der Waals surface area contributed by atoms with Gasteiger partial charge >= 0.3 is 0 Å². The first-order valence-electron chi connectivity index (χ1n) is 9.31. The number of hydrogen-bond acceptors (Lipinski definition) is 5. The number of nitrogens with one attached hydrogen (secondary N) is 2. The zero-order valence-electron chi connectivity index (χ0n) is 16.1. The van der Waals surface area contributed by atoms with Crippen molar-refractivity contribution < 1.29 is 31.2 Å². The molecule has 1 aromatic carbocycles. The molecule has 1 aliphatic rings. The second kappa shape index (κ2) is 9.43. The summed E-state index contributed by atoms with van der Waals surface area (Å²) >= 11 is 0. The van der Waals surface area contributed by atoms with Crippen LogP contribution in [0.3, 0.4) is 0 Å². The van der Waals surface area contributed by atoms with Crippen LogP contribution in [0.25, 0.3) is 0 Å². The Hall–Kier alpha value is -2.99. The zero-order valence-corrected chi connectivity index (χ0v) is 17.0. The molecule has 8 nitrogen and oxygen atoms in total. The van der Waals surface area contributed by atoms with Crippen LogP contribution >= 0.6 is 0 Å². The number of amides is 2. The molecule has 1 saturated heterocycles. The molecule has 1 aliphatic heterocycles. The van der Waals surface area contributed by atoms with Gasteiger partial charge in [-0.05, 0) is 37.1 Å². The summed E-state index contributed by atoms with van der Waals surface area (Å²) in [6.07, 6.45) is 3.23. The highest BCUT2D eigenvalue weighted by Gasteiger charge is 2.32. The van der Waals surface area contributed by atoms with Crippen molar-refractivity contribution in [1.82, 2.24) is 14.6 Å². The highest BCUT2D eigenvalue weighted by atomic mass is 32.2. The van der Waals surface area contributed by atoms with Crippen LogP contribution in [-0.4, -0.2) is 49.2 Å². The van der Waals surface area contributed by atoms with Crippen molar-refractivity contribution in [3.05, 3.63) is 54.1 Å². The van der Waals surface area contributed by atoms with Crippen molar-refractivity contribution in [3.63, 3.8) is 0 Å². The molecule has 0 saturated carbocycles. The van der Waals surface area contributed by atoms with Gasteiger partial charge in [0.2, 0.25) is 21.8 Å². The third-order valence-corrected chi connectivity index (χ3v) is 6.71. The highest BCUT2D eigenvalue weighted by Crippen LogP contribution is 2.23. The van der Waals surface area contributed by atoms with Crippen molar-refractivity contribution in [3.8, 4) is 0 Å². The Kier molecular flexibility index (Phi) is 6.91. The zero-order chi connectivity index (χ0) is 22.6. The van der Waals surface area contributed by atoms with Gasteiger partial charge in [0.1, 0.15) is 4.90 Å². The second-order valence-electron chi connectivity index (χ2n) is 6.86. The largest absolute Gasteiger partial charge is 0.347 e. The summed E-state index contributed by atoms with van der Waals surface area (Å²) in [4.78, 5) is 28.1. The number of aromatic nitrogens is 1. The third-order valence-electron chi connectivity index (χ3n) is 4.83. The normalized spacial score (nSPS) is 15.5. The molecule has 3 rings (SSSR count). The maximum absolute atomic E-state index is 13.6. The van der Waals surface area contributed by atoms with Crippen LogP contribution in [0.4, 0.5) is 18.9 Å². The van der Waals surface area contributed by atoms with Crippen LogP contribution in [-0.2, 0) is 19.6 Å². The van der Waals surface area contributed by atoms with Crippen molar-refractivity contribution in [2.24, 2.45) is 5.92 Å². The Labute approximate surface area is 176 Å². The number of pyridine rings is 1. The summed E-state index contributed by atoms with van der Waals surface area (Å²) in [6, 6.07) is 4.49. The number of piperidine rings is 1. The van der Waals surface area contributed by atoms with E-state index >= 15 is 0 Å². The minimum atomic E-state index is -3.70. The van der Waals surface area contributed by atoms with E-state index < -0.39 is 57.4 Å². The van der Waals surface area contributed by atoms with Crippen LogP contribution in [0.15, 0.2) is 41.6 Å². The Morgan fingerprint density at radius 2 is 1.81 bits per heavy atom. The molecule has 2 N–H and O–H groups in total. The molecule has 2 aromatic rings. The lowest BCUT2D eigenvalue weighted by Crippen LogP contribution is -2.44. The average Bonchev–Trinajstić information content (AvgIpc) is 2.78. The minimum absolute atomic E-state index is 0.0686. The van der Waals surface area contributed by atoms with Gasteiger partial charge in [-0.15, -0.1) is 0 Å². The molecule has 1 fully saturated rings. The van der Waals surface area contributed by atoms with Gasteiger partial charge in [0, 0.05) is 31.4 Å². The Bertz CT molecular complexity index is 1080. The van der Waals surface area contributed by atoms with Crippen molar-refractivity contribution >= 4 is 27.5 Å². The molecule has 2 heterocycles. The van der Waals surface area contributed by atoms with Crippen LogP contribution in [0.5, 0.6) is 0 Å². The quantitative estimate of drug-likeness (QED) is 0.643. The van der Waals surface area contributed by atoms with Crippen molar-refractivity contribution in [1.29, 1.82) is 0 Å². The van der Waals surface area contributed by atoms with Gasteiger partial charge in [0.05, 0.1) is 12.2 Å². The van der Waals surface area contributed by atoms with Crippen LogP contribution < -0.4 is 10.6 Å². The molecule has 1 aromatic heterocycles. The molecule has 0 unspecified atom stereocenters. The lowest BCUT2D eigenvalue weighted by molar-refractivity contribution is -0.128. The third kappa shape index (κ3) is 5.20. The predicted molar refractivity (Wildman–Crippen MR) is 104 cm³/mol. The number of carbonyl (C=O) groups excluding carboxylic acids is 2. The second-order valence-corrected chi connectivity index (χ2v) is 8.79. The molecule has 31 heavy (non-hydrogen) atoms. The first-order chi connectivity index (χ1) is 14.7. The smallest absolute Gasteiger partial charge is 0.244 e. The molecule has 166 valence electrons. The molecule has 2 amide bonds. The predicted octanol–water partition coefficient (Wildman–Crippen LogP) is 1.65. The summed E-state index contributed by atoms with van der Waals surface area (Å²) < 4.78 is 66.1. The fourth-order valence-corrected chi connectivity index (χ4v) is 4.57. The van der Waals surface area contributed by atoms with Crippen LogP contribution in [0.2, 0.25) is 0 Å². The van der Waals surface area contributed by atoms with E-state index in [0.29, 0.717) is 6.07 Å². The lowest BCUT2D eigenvalue weighted by Gasteiger charge is -2.30. The van der Waals surface area contributed by atoms with E-state index in [1.807, 2.05) is 0 Å². The van der Waals surface area contributed by atoms with Gasteiger partial charge in [0.25, 0.3) is 0 Å². The van der Waals surface area contributed by atoms with E-state index in [1.165, 1.54) is 28.8 Å². The number of hydrogen-bond donors (Lipinski definition) is 2. The Balaban J connectivity index is 1.49. The molecule has 12 heteroatoms. The topological polar surface area (TPSA) is 108 Å². The van der Waals surface area contributed by atoms with Gasteiger partial charge in [0.15, 0.2) is 17.5 Å². The summed E-state index contributed by atoms with van der Waals surface area (Å²) in [5.41, 5.74) is -0.549.